The van der Waals surface area contributed by atoms with Crippen molar-refractivity contribution >= 4 is 23.1 Å². The van der Waals surface area contributed by atoms with E-state index < -0.39 is 0 Å². The smallest absolute Gasteiger partial charge is 0.282 e. The molecular formula is C23H26N2O3. The normalized spacial score (nSPS) is 14.3. The Labute approximate surface area is 165 Å². The summed E-state index contributed by atoms with van der Waals surface area (Å²) in [5.74, 6) is -0.690. The van der Waals surface area contributed by atoms with Crippen LogP contribution >= 0.6 is 0 Å². The van der Waals surface area contributed by atoms with E-state index in [1.54, 1.807) is 18.0 Å². The fourth-order valence-electron chi connectivity index (χ4n) is 3.49. The minimum absolute atomic E-state index is 0.106. The second kappa shape index (κ2) is 7.60. The van der Waals surface area contributed by atoms with Gasteiger partial charge in [0.1, 0.15) is 5.70 Å². The number of hydrogen-bond donors (Lipinski definition) is 1. The molecule has 1 aliphatic heterocycles. The first-order chi connectivity index (χ1) is 13.3. The van der Waals surface area contributed by atoms with E-state index in [1.165, 1.54) is 4.90 Å². The summed E-state index contributed by atoms with van der Waals surface area (Å²) in [5, 5.41) is 9.38. The molecule has 0 saturated carbocycles. The standard InChI is InChI=1S/C23H26N2O3/c1-14-9-10-18(13-16(14)3)20-21(24(5)11-12-26)23(28)25(22(20)27)19-8-6-7-15(2)17(19)4/h6-10,13,26H,11-12H2,1-5H3. The molecule has 2 aromatic rings. The third-order valence-corrected chi connectivity index (χ3v) is 5.49. The summed E-state index contributed by atoms with van der Waals surface area (Å²) in [7, 11) is 1.73. The second-order valence-corrected chi connectivity index (χ2v) is 7.33. The monoisotopic (exact) mass is 378 g/mol. The van der Waals surface area contributed by atoms with Crippen LogP contribution < -0.4 is 4.90 Å². The summed E-state index contributed by atoms with van der Waals surface area (Å²) >= 11 is 0. The fourth-order valence-corrected chi connectivity index (χ4v) is 3.49. The Kier molecular flexibility index (Phi) is 5.38. The third-order valence-electron chi connectivity index (χ3n) is 5.49. The first-order valence-electron chi connectivity index (χ1n) is 9.36. The Morgan fingerprint density at radius 3 is 2.29 bits per heavy atom. The van der Waals surface area contributed by atoms with E-state index in [2.05, 4.69) is 0 Å². The second-order valence-electron chi connectivity index (χ2n) is 7.33. The quantitative estimate of drug-likeness (QED) is 0.812. The largest absolute Gasteiger partial charge is 0.395 e. The molecule has 5 heteroatoms. The van der Waals surface area contributed by atoms with Gasteiger partial charge in [0.2, 0.25) is 0 Å². The van der Waals surface area contributed by atoms with Gasteiger partial charge in [-0.15, -0.1) is 0 Å². The van der Waals surface area contributed by atoms with Crippen molar-refractivity contribution in [2.45, 2.75) is 27.7 Å². The van der Waals surface area contributed by atoms with Crippen LogP contribution in [0, 0.1) is 27.7 Å². The number of likely N-dealkylation sites (N-methyl/N-ethyl adjacent to an activating group) is 1. The van der Waals surface area contributed by atoms with Crippen molar-refractivity contribution in [1.82, 2.24) is 4.90 Å². The Morgan fingerprint density at radius 1 is 0.929 bits per heavy atom. The summed E-state index contributed by atoms with van der Waals surface area (Å²) in [6, 6.07) is 11.4. The molecule has 1 heterocycles. The number of nitrogens with zero attached hydrogens (tertiary/aromatic N) is 2. The van der Waals surface area contributed by atoms with Crippen LogP contribution in [0.3, 0.4) is 0 Å². The van der Waals surface area contributed by atoms with Crippen molar-refractivity contribution in [1.29, 1.82) is 0 Å². The van der Waals surface area contributed by atoms with Crippen molar-refractivity contribution in [3.8, 4) is 0 Å². The number of benzene rings is 2. The molecule has 0 fully saturated rings. The lowest BCUT2D eigenvalue weighted by Gasteiger charge is -2.21. The van der Waals surface area contributed by atoms with Crippen molar-refractivity contribution in [3.63, 3.8) is 0 Å². The minimum atomic E-state index is -0.358. The molecule has 1 N–H and O–H groups in total. The summed E-state index contributed by atoms with van der Waals surface area (Å²) in [5.41, 5.74) is 6.11. The number of aryl methyl sites for hydroxylation is 3. The van der Waals surface area contributed by atoms with Crippen molar-refractivity contribution in [2.75, 3.05) is 25.1 Å². The Bertz CT molecular complexity index is 991. The van der Waals surface area contributed by atoms with Gasteiger partial charge in [0, 0.05) is 13.6 Å². The van der Waals surface area contributed by atoms with Crippen LogP contribution in [-0.4, -0.2) is 42.0 Å². The van der Waals surface area contributed by atoms with E-state index in [4.69, 9.17) is 0 Å². The minimum Gasteiger partial charge on any atom is -0.395 e. The predicted molar refractivity (Wildman–Crippen MR) is 111 cm³/mol. The topological polar surface area (TPSA) is 60.9 Å². The van der Waals surface area contributed by atoms with Crippen molar-refractivity contribution in [3.05, 3.63) is 69.9 Å². The van der Waals surface area contributed by atoms with Gasteiger partial charge in [-0.1, -0.05) is 30.3 Å². The van der Waals surface area contributed by atoms with Gasteiger partial charge in [-0.2, -0.15) is 0 Å². The number of aliphatic hydroxyl groups excluding tert-OH is 1. The summed E-state index contributed by atoms with van der Waals surface area (Å²) < 4.78 is 0. The van der Waals surface area contributed by atoms with Gasteiger partial charge in [-0.25, -0.2) is 4.90 Å². The molecule has 5 nitrogen and oxygen atoms in total. The van der Waals surface area contributed by atoms with E-state index >= 15 is 0 Å². The molecule has 0 spiro atoms. The number of carbonyl (C=O) groups is 2. The lowest BCUT2D eigenvalue weighted by Crippen LogP contribution is -2.35. The maximum atomic E-state index is 13.5. The summed E-state index contributed by atoms with van der Waals surface area (Å²) in [4.78, 5) is 29.7. The van der Waals surface area contributed by atoms with Gasteiger partial charge in [-0.3, -0.25) is 9.59 Å². The molecule has 0 atom stereocenters. The van der Waals surface area contributed by atoms with Gasteiger partial charge in [0.25, 0.3) is 11.8 Å². The van der Waals surface area contributed by atoms with Crippen LogP contribution in [0.5, 0.6) is 0 Å². The Morgan fingerprint density at radius 2 is 1.64 bits per heavy atom. The molecule has 0 saturated heterocycles. The molecular weight excluding hydrogens is 352 g/mol. The lowest BCUT2D eigenvalue weighted by atomic mass is 9.99. The van der Waals surface area contributed by atoms with E-state index in [0.717, 1.165) is 22.3 Å². The zero-order valence-corrected chi connectivity index (χ0v) is 17.0. The van der Waals surface area contributed by atoms with E-state index in [1.807, 2.05) is 58.0 Å². The summed E-state index contributed by atoms with van der Waals surface area (Å²) in [6.45, 7) is 8.03. The zero-order valence-electron chi connectivity index (χ0n) is 17.0. The molecule has 0 bridgehead atoms. The van der Waals surface area contributed by atoms with Gasteiger partial charge < -0.3 is 10.0 Å². The van der Waals surface area contributed by atoms with Gasteiger partial charge in [0.15, 0.2) is 0 Å². The molecule has 146 valence electrons. The SMILES string of the molecule is Cc1ccc(C2=C(N(C)CCO)C(=O)N(c3cccc(C)c3C)C2=O)cc1C. The van der Waals surface area contributed by atoms with Crippen LogP contribution in [0.25, 0.3) is 5.57 Å². The predicted octanol–water partition coefficient (Wildman–Crippen LogP) is 3.13. The van der Waals surface area contributed by atoms with Crippen LogP contribution in [0.2, 0.25) is 0 Å². The van der Waals surface area contributed by atoms with Crippen LogP contribution in [0.4, 0.5) is 5.69 Å². The number of amides is 2. The third kappa shape index (κ3) is 3.22. The first-order valence-corrected chi connectivity index (χ1v) is 9.36. The molecule has 2 amide bonds. The molecule has 3 rings (SSSR count). The molecule has 0 aromatic heterocycles. The Hall–Kier alpha value is -2.92. The van der Waals surface area contributed by atoms with Gasteiger partial charge in [0.05, 0.1) is 17.9 Å². The van der Waals surface area contributed by atoms with Gasteiger partial charge in [-0.05, 0) is 61.6 Å². The van der Waals surface area contributed by atoms with E-state index in [-0.39, 0.29) is 25.0 Å². The van der Waals surface area contributed by atoms with Crippen molar-refractivity contribution in [2.24, 2.45) is 0 Å². The summed E-state index contributed by atoms with van der Waals surface area (Å²) in [6.07, 6.45) is 0. The molecule has 1 aliphatic rings. The highest BCUT2D eigenvalue weighted by atomic mass is 16.3. The van der Waals surface area contributed by atoms with Crippen molar-refractivity contribution < 1.29 is 14.7 Å². The number of aliphatic hydroxyl groups is 1. The molecule has 28 heavy (non-hydrogen) atoms. The highest BCUT2D eigenvalue weighted by molar-refractivity contribution is 6.45. The first kappa shape index (κ1) is 19.8. The average molecular weight is 378 g/mol. The number of carbonyl (C=O) groups excluding carboxylic acids is 2. The number of rotatable bonds is 5. The molecule has 0 radical (unpaired) electrons. The number of hydrogen-bond acceptors (Lipinski definition) is 4. The van der Waals surface area contributed by atoms with E-state index in [9.17, 15) is 14.7 Å². The maximum Gasteiger partial charge on any atom is 0.282 e. The fraction of sp³-hybridized carbons (Fsp3) is 0.304. The Balaban J connectivity index is 2.19. The van der Waals surface area contributed by atoms with Gasteiger partial charge >= 0.3 is 0 Å². The van der Waals surface area contributed by atoms with Crippen LogP contribution in [0.15, 0.2) is 42.1 Å². The number of anilines is 1. The van der Waals surface area contributed by atoms with Crippen LogP contribution in [0.1, 0.15) is 27.8 Å². The number of imide groups is 1. The molecule has 0 unspecified atom stereocenters. The highest BCUT2D eigenvalue weighted by Gasteiger charge is 2.42. The lowest BCUT2D eigenvalue weighted by molar-refractivity contribution is -0.120. The molecule has 0 aliphatic carbocycles. The average Bonchev–Trinajstić information content (AvgIpc) is 2.91. The maximum absolute atomic E-state index is 13.5. The molecule has 2 aromatic carbocycles. The highest BCUT2D eigenvalue weighted by Crippen LogP contribution is 2.36. The van der Waals surface area contributed by atoms with E-state index in [0.29, 0.717) is 22.5 Å². The zero-order chi connectivity index (χ0) is 20.6. The van der Waals surface area contributed by atoms with Crippen LogP contribution in [-0.2, 0) is 9.59 Å².